The molecule has 0 heterocycles. The van der Waals surface area contributed by atoms with Crippen LogP contribution in [0.4, 0.5) is 5.69 Å². The number of hydrogen-bond donors (Lipinski definition) is 1. The molecule has 1 atom stereocenters. The predicted octanol–water partition coefficient (Wildman–Crippen LogP) is 4.70. The molecule has 0 spiro atoms. The van der Waals surface area contributed by atoms with Crippen molar-refractivity contribution in [3.63, 3.8) is 0 Å². The van der Waals surface area contributed by atoms with Gasteiger partial charge in [0.2, 0.25) is 0 Å². The highest BCUT2D eigenvalue weighted by Gasteiger charge is 2.20. The third-order valence-corrected chi connectivity index (χ3v) is 4.69. The van der Waals surface area contributed by atoms with Gasteiger partial charge in [0.05, 0.1) is 4.92 Å². The van der Waals surface area contributed by atoms with Gasteiger partial charge in [-0.2, -0.15) is 0 Å². The summed E-state index contributed by atoms with van der Waals surface area (Å²) in [6.45, 7) is 2.68. The van der Waals surface area contributed by atoms with Gasteiger partial charge in [0, 0.05) is 29.2 Å². The number of nitro benzene ring substituents is 1. The summed E-state index contributed by atoms with van der Waals surface area (Å²) in [6, 6.07) is 5.11. The lowest BCUT2D eigenvalue weighted by molar-refractivity contribution is -0.385. The van der Waals surface area contributed by atoms with Crippen LogP contribution in [0.5, 0.6) is 0 Å². The van der Waals surface area contributed by atoms with Crippen LogP contribution in [0.15, 0.2) is 18.2 Å². The van der Waals surface area contributed by atoms with Gasteiger partial charge in [-0.15, -0.1) is 0 Å². The van der Waals surface area contributed by atoms with E-state index in [2.05, 4.69) is 12.2 Å². The highest BCUT2D eigenvalue weighted by atomic mass is 35.5. The van der Waals surface area contributed by atoms with Crippen molar-refractivity contribution >= 4 is 17.3 Å². The second-order valence-electron chi connectivity index (χ2n) is 5.95. The molecule has 1 aromatic rings. The Kier molecular flexibility index (Phi) is 6.00. The van der Waals surface area contributed by atoms with E-state index in [-0.39, 0.29) is 10.6 Å². The predicted molar refractivity (Wildman–Crippen MR) is 85.6 cm³/mol. The lowest BCUT2D eigenvalue weighted by Crippen LogP contribution is -2.33. The van der Waals surface area contributed by atoms with Gasteiger partial charge in [0.1, 0.15) is 0 Å². The number of nitrogens with zero attached hydrogens (tertiary/aromatic N) is 1. The van der Waals surface area contributed by atoms with Gasteiger partial charge >= 0.3 is 0 Å². The van der Waals surface area contributed by atoms with E-state index in [9.17, 15) is 10.1 Å². The normalized spacial score (nSPS) is 18.2. The van der Waals surface area contributed by atoms with Gasteiger partial charge in [-0.05, 0) is 37.8 Å². The molecule has 5 heteroatoms. The zero-order chi connectivity index (χ0) is 15.2. The quantitative estimate of drug-likeness (QED) is 0.487. The van der Waals surface area contributed by atoms with E-state index in [1.54, 1.807) is 12.1 Å². The minimum Gasteiger partial charge on any atom is -0.310 e. The number of halogens is 1. The molecule has 4 nitrogen and oxygen atoms in total. The summed E-state index contributed by atoms with van der Waals surface area (Å²) < 4.78 is 0. The summed E-state index contributed by atoms with van der Waals surface area (Å²) in [7, 11) is 0. The molecule has 1 aliphatic rings. The highest BCUT2D eigenvalue weighted by molar-refractivity contribution is 6.30. The molecule has 0 aromatic heterocycles. The number of nitrogens with one attached hydrogen (secondary N) is 1. The maximum absolute atomic E-state index is 11.1. The van der Waals surface area contributed by atoms with Crippen LogP contribution in [0.25, 0.3) is 0 Å². The standard InChI is InChI=1S/C16H23ClN2O2/c1-12(13-6-4-2-3-5-7-13)18-11-14-10-15(17)8-9-16(14)19(20)21/h8-10,12-13,18H,2-7,11H2,1H3/t12-/m1/s1. The molecule has 2 rings (SSSR count). The molecule has 1 N–H and O–H groups in total. The Morgan fingerprint density at radius 3 is 2.62 bits per heavy atom. The number of benzene rings is 1. The Balaban J connectivity index is 1.98. The Bertz CT molecular complexity index is 485. The molecule has 1 saturated carbocycles. The van der Waals surface area contributed by atoms with Crippen molar-refractivity contribution in [2.45, 2.75) is 58.0 Å². The molecular formula is C16H23ClN2O2. The Hall–Kier alpha value is -1.13. The first-order valence-electron chi connectivity index (χ1n) is 7.74. The minimum atomic E-state index is -0.344. The molecule has 0 saturated heterocycles. The molecule has 0 aliphatic heterocycles. The lowest BCUT2D eigenvalue weighted by Gasteiger charge is -2.23. The molecule has 1 fully saturated rings. The summed E-state index contributed by atoms with van der Waals surface area (Å²) in [6.07, 6.45) is 7.78. The van der Waals surface area contributed by atoms with E-state index in [0.717, 1.165) is 0 Å². The first kappa shape index (κ1) is 16.2. The highest BCUT2D eigenvalue weighted by Crippen LogP contribution is 2.27. The molecule has 1 aliphatic carbocycles. The number of hydrogen-bond acceptors (Lipinski definition) is 3. The van der Waals surface area contributed by atoms with Gasteiger partial charge in [-0.3, -0.25) is 10.1 Å². The second kappa shape index (κ2) is 7.76. The fourth-order valence-corrected chi connectivity index (χ4v) is 3.32. The molecule has 116 valence electrons. The third kappa shape index (κ3) is 4.68. The average Bonchev–Trinajstić information content (AvgIpc) is 2.73. The first-order chi connectivity index (χ1) is 10.1. The van der Waals surface area contributed by atoms with Crippen molar-refractivity contribution < 1.29 is 4.92 Å². The van der Waals surface area contributed by atoms with E-state index in [1.165, 1.54) is 44.6 Å². The number of nitro groups is 1. The van der Waals surface area contributed by atoms with Crippen molar-refractivity contribution in [1.82, 2.24) is 5.32 Å². The average molecular weight is 311 g/mol. The Morgan fingerprint density at radius 2 is 2.00 bits per heavy atom. The fourth-order valence-electron chi connectivity index (χ4n) is 3.12. The van der Waals surface area contributed by atoms with Crippen LogP contribution >= 0.6 is 11.6 Å². The summed E-state index contributed by atoms with van der Waals surface area (Å²) in [5, 5.41) is 15.1. The summed E-state index contributed by atoms with van der Waals surface area (Å²) in [5.74, 6) is 0.672. The molecule has 0 amide bonds. The smallest absolute Gasteiger partial charge is 0.273 e. The SMILES string of the molecule is C[C@@H](NCc1cc(Cl)ccc1[N+](=O)[O-])C1CCCCCC1. The van der Waals surface area contributed by atoms with E-state index < -0.39 is 0 Å². The summed E-state index contributed by atoms with van der Waals surface area (Å²) in [4.78, 5) is 10.7. The van der Waals surface area contributed by atoms with E-state index in [1.807, 2.05) is 0 Å². The van der Waals surface area contributed by atoms with Gasteiger partial charge in [-0.25, -0.2) is 0 Å². The van der Waals surface area contributed by atoms with Crippen molar-refractivity contribution in [3.8, 4) is 0 Å². The van der Waals surface area contributed by atoms with Gasteiger partial charge in [-0.1, -0.05) is 37.3 Å². The van der Waals surface area contributed by atoms with Crippen LogP contribution in [-0.4, -0.2) is 11.0 Å². The molecule has 0 bridgehead atoms. The summed E-state index contributed by atoms with van der Waals surface area (Å²) in [5.41, 5.74) is 0.799. The Morgan fingerprint density at radius 1 is 1.33 bits per heavy atom. The zero-order valence-electron chi connectivity index (χ0n) is 12.5. The van der Waals surface area contributed by atoms with Gasteiger partial charge in [0.15, 0.2) is 0 Å². The number of rotatable bonds is 5. The fraction of sp³-hybridized carbons (Fsp3) is 0.625. The largest absolute Gasteiger partial charge is 0.310 e. The van der Waals surface area contributed by atoms with E-state index in [0.29, 0.717) is 29.1 Å². The van der Waals surface area contributed by atoms with Crippen LogP contribution in [0.3, 0.4) is 0 Å². The van der Waals surface area contributed by atoms with Crippen LogP contribution in [0.1, 0.15) is 51.0 Å². The zero-order valence-corrected chi connectivity index (χ0v) is 13.2. The molecule has 21 heavy (non-hydrogen) atoms. The first-order valence-corrected chi connectivity index (χ1v) is 8.12. The second-order valence-corrected chi connectivity index (χ2v) is 6.39. The van der Waals surface area contributed by atoms with E-state index >= 15 is 0 Å². The maximum Gasteiger partial charge on any atom is 0.273 e. The molecule has 0 radical (unpaired) electrons. The molecule has 0 unspecified atom stereocenters. The Labute approximate surface area is 131 Å². The van der Waals surface area contributed by atoms with Gasteiger partial charge < -0.3 is 5.32 Å². The maximum atomic E-state index is 11.1. The lowest BCUT2D eigenvalue weighted by atomic mass is 9.93. The van der Waals surface area contributed by atoms with E-state index in [4.69, 9.17) is 11.6 Å². The van der Waals surface area contributed by atoms with Crippen LogP contribution in [-0.2, 0) is 6.54 Å². The monoisotopic (exact) mass is 310 g/mol. The van der Waals surface area contributed by atoms with Crippen molar-refractivity contribution in [2.75, 3.05) is 0 Å². The molecule has 1 aromatic carbocycles. The van der Waals surface area contributed by atoms with Crippen molar-refractivity contribution in [1.29, 1.82) is 0 Å². The van der Waals surface area contributed by atoms with Crippen molar-refractivity contribution in [3.05, 3.63) is 38.9 Å². The van der Waals surface area contributed by atoms with Crippen molar-refractivity contribution in [2.24, 2.45) is 5.92 Å². The van der Waals surface area contributed by atoms with Gasteiger partial charge in [0.25, 0.3) is 5.69 Å². The topological polar surface area (TPSA) is 55.2 Å². The van der Waals surface area contributed by atoms with Crippen LogP contribution in [0, 0.1) is 16.0 Å². The van der Waals surface area contributed by atoms with Crippen LogP contribution < -0.4 is 5.32 Å². The molecular weight excluding hydrogens is 288 g/mol. The van der Waals surface area contributed by atoms with Crippen LogP contribution in [0.2, 0.25) is 5.02 Å². The minimum absolute atomic E-state index is 0.139. The summed E-state index contributed by atoms with van der Waals surface area (Å²) >= 11 is 5.96. The third-order valence-electron chi connectivity index (χ3n) is 4.46.